The highest BCUT2D eigenvalue weighted by molar-refractivity contribution is 6.12. The van der Waals surface area contributed by atoms with Crippen LogP contribution in [0.15, 0.2) is 42.0 Å². The van der Waals surface area contributed by atoms with E-state index in [0.29, 0.717) is 5.56 Å². The molecule has 0 spiro atoms. The van der Waals surface area contributed by atoms with Crippen LogP contribution in [-0.2, 0) is 4.79 Å². The molecule has 144 valence electrons. The van der Waals surface area contributed by atoms with E-state index in [1.165, 1.54) is 4.90 Å². The first-order chi connectivity index (χ1) is 12.6. The van der Waals surface area contributed by atoms with Crippen molar-refractivity contribution in [3.8, 4) is 0 Å². The molecule has 1 aliphatic carbocycles. The van der Waals surface area contributed by atoms with Gasteiger partial charge in [0.05, 0.1) is 6.54 Å². The molecule has 5 heteroatoms. The number of rotatable bonds is 4. The molecule has 1 aliphatic heterocycles. The van der Waals surface area contributed by atoms with Crippen molar-refractivity contribution in [1.82, 2.24) is 9.80 Å². The van der Waals surface area contributed by atoms with Gasteiger partial charge < -0.3 is 4.90 Å². The van der Waals surface area contributed by atoms with Gasteiger partial charge in [0.1, 0.15) is 5.54 Å². The van der Waals surface area contributed by atoms with Crippen molar-refractivity contribution in [2.24, 2.45) is 11.3 Å². The molecule has 2 atom stereocenters. The smallest absolute Gasteiger partial charge is 0.309 e. The number of benzene rings is 1. The van der Waals surface area contributed by atoms with Crippen molar-refractivity contribution >= 4 is 17.7 Å². The van der Waals surface area contributed by atoms with Crippen molar-refractivity contribution in [2.75, 3.05) is 13.6 Å². The van der Waals surface area contributed by atoms with E-state index >= 15 is 0 Å². The van der Waals surface area contributed by atoms with Crippen LogP contribution < -0.4 is 0 Å². The number of carbonyl (C=O) groups excluding carboxylic acids is 3. The maximum absolute atomic E-state index is 13.3. The molecule has 1 saturated heterocycles. The molecular formula is C22H28N2O3. The summed E-state index contributed by atoms with van der Waals surface area (Å²) in [5.74, 6) is -0.378. The quantitative estimate of drug-likeness (QED) is 0.460. The van der Waals surface area contributed by atoms with E-state index in [1.807, 2.05) is 13.0 Å². The Morgan fingerprint density at radius 2 is 1.78 bits per heavy atom. The van der Waals surface area contributed by atoms with Crippen molar-refractivity contribution in [1.29, 1.82) is 0 Å². The molecule has 0 bridgehead atoms. The van der Waals surface area contributed by atoms with E-state index in [1.54, 1.807) is 31.3 Å². The predicted octanol–water partition coefficient (Wildman–Crippen LogP) is 3.90. The van der Waals surface area contributed by atoms with Crippen LogP contribution in [0.5, 0.6) is 0 Å². The average molecular weight is 368 g/mol. The van der Waals surface area contributed by atoms with Crippen LogP contribution in [0.3, 0.4) is 0 Å². The van der Waals surface area contributed by atoms with Gasteiger partial charge in [0.15, 0.2) is 5.78 Å². The van der Waals surface area contributed by atoms with E-state index < -0.39 is 11.6 Å². The minimum Gasteiger partial charge on any atom is -0.309 e. The fourth-order valence-corrected chi connectivity index (χ4v) is 4.22. The Morgan fingerprint density at radius 1 is 1.15 bits per heavy atom. The van der Waals surface area contributed by atoms with Crippen LogP contribution >= 0.6 is 0 Å². The number of hydrogen-bond acceptors (Lipinski definition) is 3. The summed E-state index contributed by atoms with van der Waals surface area (Å²) in [6.45, 7) is 8.11. The Balaban J connectivity index is 1.91. The van der Waals surface area contributed by atoms with Crippen molar-refractivity contribution in [3.05, 3.63) is 47.5 Å². The fourth-order valence-electron chi connectivity index (χ4n) is 4.22. The third kappa shape index (κ3) is 2.99. The molecule has 0 N–H and O–H groups in total. The largest absolute Gasteiger partial charge is 0.328 e. The molecule has 2 aliphatic rings. The van der Waals surface area contributed by atoms with E-state index in [2.05, 4.69) is 26.8 Å². The van der Waals surface area contributed by atoms with Crippen molar-refractivity contribution in [3.63, 3.8) is 0 Å². The number of amides is 3. The number of likely N-dealkylation sites (N-methyl/N-ethyl adjacent to an activating group) is 1. The van der Waals surface area contributed by atoms with Gasteiger partial charge in [-0.1, -0.05) is 57.2 Å². The summed E-state index contributed by atoms with van der Waals surface area (Å²) in [6, 6.07) is 8.35. The molecule has 3 amide bonds. The predicted molar refractivity (Wildman–Crippen MR) is 104 cm³/mol. The van der Waals surface area contributed by atoms with Gasteiger partial charge in [-0.2, -0.15) is 0 Å². The highest BCUT2D eigenvalue weighted by Gasteiger charge is 2.57. The molecule has 1 heterocycles. The Hall–Kier alpha value is -2.43. The minimum atomic E-state index is -1.04. The van der Waals surface area contributed by atoms with Gasteiger partial charge in [-0.3, -0.25) is 14.5 Å². The maximum atomic E-state index is 13.3. The summed E-state index contributed by atoms with van der Waals surface area (Å²) >= 11 is 0. The van der Waals surface area contributed by atoms with Gasteiger partial charge in [0.25, 0.3) is 5.91 Å². The Kier molecular flexibility index (Phi) is 4.74. The van der Waals surface area contributed by atoms with E-state index in [0.717, 1.165) is 23.3 Å². The van der Waals surface area contributed by atoms with E-state index in [4.69, 9.17) is 0 Å². The fraction of sp³-hybridized carbons (Fsp3) is 0.500. The number of hydrogen-bond donors (Lipinski definition) is 0. The van der Waals surface area contributed by atoms with Crippen LogP contribution in [0.4, 0.5) is 4.79 Å². The van der Waals surface area contributed by atoms with Gasteiger partial charge in [-0.05, 0) is 36.7 Å². The zero-order valence-electron chi connectivity index (χ0n) is 16.8. The standard InChI is InChI=1S/C22H28N2O3/c1-15-17(12-9-13-21(15,2)3)22(4)19(26)24(20(27)23(22)5)14-18(25)16-10-7-6-8-11-16/h6-8,10-12,15H,9,13-14H2,1-5H3/t15-,22?/m0/s1. The third-order valence-electron chi connectivity index (χ3n) is 6.60. The van der Waals surface area contributed by atoms with Crippen molar-refractivity contribution in [2.45, 2.75) is 46.1 Å². The van der Waals surface area contributed by atoms with Gasteiger partial charge >= 0.3 is 6.03 Å². The minimum absolute atomic E-state index is 0.0601. The number of imide groups is 1. The summed E-state index contributed by atoms with van der Waals surface area (Å²) in [5, 5.41) is 0. The summed E-state index contributed by atoms with van der Waals surface area (Å²) < 4.78 is 0. The van der Waals surface area contributed by atoms with Gasteiger partial charge in [0, 0.05) is 12.6 Å². The molecule has 1 aromatic rings. The first-order valence-electron chi connectivity index (χ1n) is 9.49. The SMILES string of the molecule is C[C@H]1C(C2(C)C(=O)N(CC(=O)c3ccccc3)C(=O)N2C)=CCCC1(C)C. The summed E-state index contributed by atoms with van der Waals surface area (Å²) in [5.41, 5.74) is 0.505. The third-order valence-corrected chi connectivity index (χ3v) is 6.60. The Bertz CT molecular complexity index is 812. The zero-order valence-corrected chi connectivity index (χ0v) is 16.8. The molecule has 0 aromatic heterocycles. The molecule has 1 unspecified atom stereocenters. The molecule has 0 saturated carbocycles. The monoisotopic (exact) mass is 368 g/mol. The van der Waals surface area contributed by atoms with Gasteiger partial charge in [0.2, 0.25) is 0 Å². The Labute approximate surface area is 161 Å². The highest BCUT2D eigenvalue weighted by atomic mass is 16.2. The number of ketones is 1. The molecule has 27 heavy (non-hydrogen) atoms. The molecular weight excluding hydrogens is 340 g/mol. The number of urea groups is 1. The topological polar surface area (TPSA) is 57.7 Å². The first-order valence-corrected chi connectivity index (χ1v) is 9.49. The van der Waals surface area contributed by atoms with Crippen molar-refractivity contribution < 1.29 is 14.4 Å². The maximum Gasteiger partial charge on any atom is 0.328 e. The van der Waals surface area contributed by atoms with Crippen LogP contribution in [0.2, 0.25) is 0 Å². The van der Waals surface area contributed by atoms with Crippen LogP contribution in [0.25, 0.3) is 0 Å². The van der Waals surface area contributed by atoms with E-state index in [-0.39, 0.29) is 29.6 Å². The van der Waals surface area contributed by atoms with Gasteiger partial charge in [-0.25, -0.2) is 4.79 Å². The lowest BCUT2D eigenvalue weighted by Gasteiger charge is -2.44. The lowest BCUT2D eigenvalue weighted by molar-refractivity contribution is -0.131. The zero-order chi connectivity index (χ0) is 20.0. The number of nitrogens with zero attached hydrogens (tertiary/aromatic N) is 2. The van der Waals surface area contributed by atoms with Crippen LogP contribution in [0.1, 0.15) is 50.9 Å². The summed E-state index contributed by atoms with van der Waals surface area (Å²) in [6.07, 6.45) is 4.05. The van der Waals surface area contributed by atoms with Crippen LogP contribution in [0, 0.1) is 11.3 Å². The number of Topliss-reactive ketones (excluding diaryl/α,β-unsaturated/α-hetero) is 1. The molecule has 1 fully saturated rings. The second-order valence-electron chi connectivity index (χ2n) is 8.50. The number of allylic oxidation sites excluding steroid dienone is 1. The lowest BCUT2D eigenvalue weighted by atomic mass is 9.64. The molecule has 1 aromatic carbocycles. The average Bonchev–Trinajstić information content (AvgIpc) is 2.80. The summed E-state index contributed by atoms with van der Waals surface area (Å²) in [4.78, 5) is 41.4. The molecule has 5 nitrogen and oxygen atoms in total. The van der Waals surface area contributed by atoms with Gasteiger partial charge in [-0.15, -0.1) is 0 Å². The number of carbonyl (C=O) groups is 3. The molecule has 3 rings (SSSR count). The van der Waals surface area contributed by atoms with E-state index in [9.17, 15) is 14.4 Å². The normalized spacial score (nSPS) is 27.7. The highest BCUT2D eigenvalue weighted by Crippen LogP contribution is 2.47. The summed E-state index contributed by atoms with van der Waals surface area (Å²) in [7, 11) is 1.66. The second-order valence-corrected chi connectivity index (χ2v) is 8.50. The molecule has 0 radical (unpaired) electrons. The van der Waals surface area contributed by atoms with Crippen LogP contribution in [-0.4, -0.2) is 46.7 Å². The second kappa shape index (κ2) is 6.63. The lowest BCUT2D eigenvalue weighted by Crippen LogP contribution is -2.51. The Morgan fingerprint density at radius 3 is 2.41 bits per heavy atom. The first kappa shape index (κ1) is 19.3.